The standard InChI is InChI=1S/C14H15N3O2/c1-7-8-5-10-11(6-9(8)12(18)16-15-7)17(4)13(19)14(10,2)3/h5-6H,1-4H3,(H,16,18). The van der Waals surface area contributed by atoms with Gasteiger partial charge in [0.15, 0.2) is 0 Å². The number of benzene rings is 1. The summed E-state index contributed by atoms with van der Waals surface area (Å²) in [5.41, 5.74) is 1.72. The first kappa shape index (κ1) is 11.9. The lowest BCUT2D eigenvalue weighted by atomic mass is 9.85. The van der Waals surface area contributed by atoms with Crippen molar-refractivity contribution in [2.75, 3.05) is 11.9 Å². The second kappa shape index (κ2) is 3.44. The summed E-state index contributed by atoms with van der Waals surface area (Å²) in [7, 11) is 1.74. The quantitative estimate of drug-likeness (QED) is 0.777. The minimum Gasteiger partial charge on any atom is -0.314 e. The molecule has 1 aliphatic heterocycles. The minimum absolute atomic E-state index is 0.0415. The predicted molar refractivity (Wildman–Crippen MR) is 73.5 cm³/mol. The molecule has 0 bridgehead atoms. The van der Waals surface area contributed by atoms with Gasteiger partial charge in [-0.05, 0) is 38.5 Å². The Hall–Kier alpha value is -2.17. The zero-order chi connectivity index (χ0) is 13.9. The van der Waals surface area contributed by atoms with Crippen LogP contribution < -0.4 is 10.5 Å². The molecule has 1 aliphatic rings. The van der Waals surface area contributed by atoms with Gasteiger partial charge in [0.1, 0.15) is 0 Å². The van der Waals surface area contributed by atoms with Gasteiger partial charge < -0.3 is 4.90 Å². The molecule has 2 aromatic rings. The second-order valence-corrected chi connectivity index (χ2v) is 5.54. The van der Waals surface area contributed by atoms with Crippen LogP contribution >= 0.6 is 0 Å². The van der Waals surface area contributed by atoms with E-state index in [4.69, 9.17) is 0 Å². The van der Waals surface area contributed by atoms with Crippen LogP contribution in [0.25, 0.3) is 10.8 Å². The fourth-order valence-electron chi connectivity index (χ4n) is 2.75. The fourth-order valence-corrected chi connectivity index (χ4v) is 2.75. The summed E-state index contributed by atoms with van der Waals surface area (Å²) >= 11 is 0. The number of aryl methyl sites for hydroxylation is 1. The molecule has 0 radical (unpaired) electrons. The van der Waals surface area contributed by atoms with Gasteiger partial charge in [-0.25, -0.2) is 5.10 Å². The topological polar surface area (TPSA) is 66.1 Å². The summed E-state index contributed by atoms with van der Waals surface area (Å²) in [5.74, 6) is 0.0415. The highest BCUT2D eigenvalue weighted by Gasteiger charge is 2.42. The van der Waals surface area contributed by atoms with E-state index in [9.17, 15) is 9.59 Å². The highest BCUT2D eigenvalue weighted by molar-refractivity contribution is 6.09. The van der Waals surface area contributed by atoms with Crippen molar-refractivity contribution in [1.82, 2.24) is 10.2 Å². The molecular weight excluding hydrogens is 242 g/mol. The van der Waals surface area contributed by atoms with Crippen LogP contribution in [0, 0.1) is 6.92 Å². The van der Waals surface area contributed by atoms with Crippen molar-refractivity contribution in [3.63, 3.8) is 0 Å². The monoisotopic (exact) mass is 257 g/mol. The lowest BCUT2D eigenvalue weighted by Gasteiger charge is -2.16. The number of aromatic amines is 1. The highest BCUT2D eigenvalue weighted by Crippen LogP contribution is 2.42. The Labute approximate surface area is 110 Å². The largest absolute Gasteiger partial charge is 0.314 e. The summed E-state index contributed by atoms with van der Waals surface area (Å²) in [6, 6.07) is 3.70. The molecule has 1 N–H and O–H groups in total. The molecule has 0 spiro atoms. The number of amides is 1. The Morgan fingerprint density at radius 3 is 2.58 bits per heavy atom. The molecule has 98 valence electrons. The molecule has 1 aromatic heterocycles. The van der Waals surface area contributed by atoms with Crippen molar-refractivity contribution in [2.45, 2.75) is 26.2 Å². The molecule has 1 aromatic carbocycles. The summed E-state index contributed by atoms with van der Waals surface area (Å²) in [6.07, 6.45) is 0. The van der Waals surface area contributed by atoms with E-state index in [-0.39, 0.29) is 11.5 Å². The van der Waals surface area contributed by atoms with Crippen molar-refractivity contribution >= 4 is 22.4 Å². The van der Waals surface area contributed by atoms with Crippen LogP contribution in [-0.4, -0.2) is 23.2 Å². The zero-order valence-electron chi connectivity index (χ0n) is 11.4. The summed E-state index contributed by atoms with van der Waals surface area (Å²) in [6.45, 7) is 5.65. The van der Waals surface area contributed by atoms with Gasteiger partial charge in [0.05, 0.1) is 16.5 Å². The van der Waals surface area contributed by atoms with E-state index in [1.807, 2.05) is 26.8 Å². The van der Waals surface area contributed by atoms with Crippen molar-refractivity contribution < 1.29 is 4.79 Å². The Balaban J connectivity index is 2.47. The molecule has 0 aliphatic carbocycles. The van der Waals surface area contributed by atoms with E-state index >= 15 is 0 Å². The SMILES string of the molecule is Cc1n[nH]c(=O)c2cc3c(cc12)C(C)(C)C(=O)N3C. The molecular formula is C14H15N3O2. The van der Waals surface area contributed by atoms with E-state index in [1.165, 1.54) is 0 Å². The van der Waals surface area contributed by atoms with Gasteiger partial charge in [0.25, 0.3) is 5.56 Å². The Kier molecular flexibility index (Phi) is 2.15. The van der Waals surface area contributed by atoms with E-state index in [2.05, 4.69) is 10.2 Å². The van der Waals surface area contributed by atoms with Gasteiger partial charge in [-0.15, -0.1) is 0 Å². The number of carbonyl (C=O) groups is 1. The number of rotatable bonds is 0. The van der Waals surface area contributed by atoms with Gasteiger partial charge in [-0.3, -0.25) is 9.59 Å². The third-order valence-corrected chi connectivity index (χ3v) is 3.97. The number of likely N-dealkylation sites (N-methyl/N-ethyl adjacent to an activating group) is 1. The molecule has 5 heteroatoms. The number of hydrogen-bond acceptors (Lipinski definition) is 3. The fraction of sp³-hybridized carbons (Fsp3) is 0.357. The summed E-state index contributed by atoms with van der Waals surface area (Å²) in [5, 5.41) is 7.83. The molecule has 2 heterocycles. The van der Waals surface area contributed by atoms with Crippen LogP contribution in [0.1, 0.15) is 25.1 Å². The first-order valence-electron chi connectivity index (χ1n) is 6.15. The molecule has 0 atom stereocenters. The van der Waals surface area contributed by atoms with E-state index < -0.39 is 5.41 Å². The van der Waals surface area contributed by atoms with Gasteiger partial charge in [-0.2, -0.15) is 5.10 Å². The van der Waals surface area contributed by atoms with Crippen molar-refractivity contribution in [1.29, 1.82) is 0 Å². The molecule has 0 fully saturated rings. The second-order valence-electron chi connectivity index (χ2n) is 5.54. The van der Waals surface area contributed by atoms with Gasteiger partial charge >= 0.3 is 0 Å². The molecule has 5 nitrogen and oxygen atoms in total. The Morgan fingerprint density at radius 1 is 1.21 bits per heavy atom. The van der Waals surface area contributed by atoms with E-state index in [0.717, 1.165) is 22.3 Å². The molecule has 19 heavy (non-hydrogen) atoms. The average molecular weight is 257 g/mol. The van der Waals surface area contributed by atoms with Crippen molar-refractivity contribution in [2.24, 2.45) is 0 Å². The van der Waals surface area contributed by atoms with Gasteiger partial charge in [-0.1, -0.05) is 0 Å². The van der Waals surface area contributed by atoms with Crippen molar-refractivity contribution in [3.8, 4) is 0 Å². The number of carbonyl (C=O) groups excluding carboxylic acids is 1. The van der Waals surface area contributed by atoms with Crippen LogP contribution in [-0.2, 0) is 10.2 Å². The van der Waals surface area contributed by atoms with Crippen LogP contribution in [0.5, 0.6) is 0 Å². The lowest BCUT2D eigenvalue weighted by molar-refractivity contribution is -0.121. The number of hydrogen-bond donors (Lipinski definition) is 1. The molecule has 0 saturated carbocycles. The molecule has 1 amide bonds. The highest BCUT2D eigenvalue weighted by atomic mass is 16.2. The molecule has 0 saturated heterocycles. The number of aromatic nitrogens is 2. The lowest BCUT2D eigenvalue weighted by Crippen LogP contribution is -2.33. The summed E-state index contributed by atoms with van der Waals surface area (Å²) in [4.78, 5) is 25.7. The zero-order valence-corrected chi connectivity index (χ0v) is 11.4. The maximum atomic E-state index is 12.3. The Bertz CT molecular complexity index is 774. The summed E-state index contributed by atoms with van der Waals surface area (Å²) < 4.78 is 0. The molecule has 3 rings (SSSR count). The van der Waals surface area contributed by atoms with Crippen LogP contribution in [0.15, 0.2) is 16.9 Å². The minimum atomic E-state index is -0.562. The Morgan fingerprint density at radius 2 is 1.89 bits per heavy atom. The van der Waals surface area contributed by atoms with Crippen LogP contribution in [0.3, 0.4) is 0 Å². The predicted octanol–water partition coefficient (Wildman–Crippen LogP) is 1.49. The normalized spacial score (nSPS) is 17.1. The third-order valence-electron chi connectivity index (χ3n) is 3.97. The average Bonchev–Trinajstić information content (AvgIpc) is 2.55. The van der Waals surface area contributed by atoms with Gasteiger partial charge in [0.2, 0.25) is 5.91 Å². The number of anilines is 1. The number of H-pyrrole nitrogens is 1. The third kappa shape index (κ3) is 1.38. The first-order chi connectivity index (χ1) is 8.84. The smallest absolute Gasteiger partial charge is 0.272 e. The van der Waals surface area contributed by atoms with E-state index in [0.29, 0.717) is 5.39 Å². The maximum Gasteiger partial charge on any atom is 0.272 e. The number of fused-ring (bicyclic) bond motifs is 2. The van der Waals surface area contributed by atoms with E-state index in [1.54, 1.807) is 18.0 Å². The maximum absolute atomic E-state index is 12.3. The number of nitrogens with one attached hydrogen (secondary N) is 1. The van der Waals surface area contributed by atoms with Crippen molar-refractivity contribution in [3.05, 3.63) is 33.7 Å². The first-order valence-corrected chi connectivity index (χ1v) is 6.15. The van der Waals surface area contributed by atoms with Gasteiger partial charge in [0, 0.05) is 18.1 Å². The number of nitrogens with zero attached hydrogens (tertiary/aromatic N) is 2. The molecule has 0 unspecified atom stereocenters. The van der Waals surface area contributed by atoms with Crippen LogP contribution in [0.2, 0.25) is 0 Å². The van der Waals surface area contributed by atoms with Crippen LogP contribution in [0.4, 0.5) is 5.69 Å².